The highest BCUT2D eigenvalue weighted by Crippen LogP contribution is 2.30. The summed E-state index contributed by atoms with van der Waals surface area (Å²) in [5, 5.41) is 3.40. The number of hydrogen-bond acceptors (Lipinski definition) is 2. The van der Waals surface area contributed by atoms with E-state index < -0.39 is 0 Å². The van der Waals surface area contributed by atoms with Gasteiger partial charge in [0.15, 0.2) is 0 Å². The number of nitrogens with one attached hydrogen (secondary N) is 1. The highest BCUT2D eigenvalue weighted by atomic mass is 19.1. The van der Waals surface area contributed by atoms with Crippen LogP contribution in [0.1, 0.15) is 59.1 Å². The van der Waals surface area contributed by atoms with Crippen molar-refractivity contribution < 1.29 is 4.39 Å². The lowest BCUT2D eigenvalue weighted by Crippen LogP contribution is -2.34. The maximum atomic E-state index is 14.3. The number of hydrogen-bond donors (Lipinski definition) is 1. The standard InChI is InChI=1S/C17H29FN2/c1-6-12-19-14(5)17-15(18)10-9-11-16(17)20(8-3)13(4)7-2/h9-11,13-14,19H,6-8,12H2,1-5H3. The molecule has 0 aliphatic heterocycles. The summed E-state index contributed by atoms with van der Waals surface area (Å²) < 4.78 is 14.3. The predicted octanol–water partition coefficient (Wildman–Crippen LogP) is 4.51. The Morgan fingerprint density at radius 1 is 1.20 bits per heavy atom. The first-order valence-corrected chi connectivity index (χ1v) is 7.85. The summed E-state index contributed by atoms with van der Waals surface area (Å²) in [6.45, 7) is 12.5. The van der Waals surface area contributed by atoms with Crippen LogP contribution in [0, 0.1) is 5.82 Å². The molecular weight excluding hydrogens is 251 g/mol. The van der Waals surface area contributed by atoms with E-state index in [-0.39, 0.29) is 11.9 Å². The van der Waals surface area contributed by atoms with Crippen molar-refractivity contribution >= 4 is 5.69 Å². The van der Waals surface area contributed by atoms with E-state index in [1.165, 1.54) is 0 Å². The SMILES string of the molecule is CCCNC(C)c1c(F)cccc1N(CC)C(C)CC. The van der Waals surface area contributed by atoms with Gasteiger partial charge in [0.25, 0.3) is 0 Å². The molecule has 2 unspecified atom stereocenters. The molecule has 0 heterocycles. The van der Waals surface area contributed by atoms with E-state index in [0.29, 0.717) is 6.04 Å². The highest BCUT2D eigenvalue weighted by Gasteiger charge is 2.20. The van der Waals surface area contributed by atoms with E-state index in [2.05, 4.69) is 37.9 Å². The molecule has 1 aromatic carbocycles. The van der Waals surface area contributed by atoms with Gasteiger partial charge in [-0.05, 0) is 52.3 Å². The summed E-state index contributed by atoms with van der Waals surface area (Å²) in [6.07, 6.45) is 2.11. The van der Waals surface area contributed by atoms with E-state index in [4.69, 9.17) is 0 Å². The summed E-state index contributed by atoms with van der Waals surface area (Å²) in [5.41, 5.74) is 1.82. The van der Waals surface area contributed by atoms with E-state index >= 15 is 0 Å². The van der Waals surface area contributed by atoms with Gasteiger partial charge in [0, 0.05) is 29.9 Å². The Hall–Kier alpha value is -1.09. The van der Waals surface area contributed by atoms with Crippen molar-refractivity contribution in [3.05, 3.63) is 29.6 Å². The Balaban J connectivity index is 3.15. The van der Waals surface area contributed by atoms with Crippen molar-refractivity contribution in [1.82, 2.24) is 5.32 Å². The Morgan fingerprint density at radius 3 is 2.45 bits per heavy atom. The summed E-state index contributed by atoms with van der Waals surface area (Å²) in [6, 6.07) is 5.86. The van der Waals surface area contributed by atoms with Crippen LogP contribution in [0.5, 0.6) is 0 Å². The molecule has 3 heteroatoms. The molecule has 1 rings (SSSR count). The molecule has 0 spiro atoms. The average Bonchev–Trinajstić information content (AvgIpc) is 2.45. The number of nitrogens with zero attached hydrogens (tertiary/aromatic N) is 1. The van der Waals surface area contributed by atoms with Crippen molar-refractivity contribution in [3.8, 4) is 0 Å². The first-order chi connectivity index (χ1) is 9.56. The summed E-state index contributed by atoms with van der Waals surface area (Å²) >= 11 is 0. The van der Waals surface area contributed by atoms with Gasteiger partial charge in [-0.25, -0.2) is 4.39 Å². The lowest BCUT2D eigenvalue weighted by Gasteiger charge is -2.33. The molecule has 2 nitrogen and oxygen atoms in total. The number of benzene rings is 1. The van der Waals surface area contributed by atoms with Crippen LogP contribution in [0.2, 0.25) is 0 Å². The topological polar surface area (TPSA) is 15.3 Å². The van der Waals surface area contributed by atoms with Crippen LogP contribution < -0.4 is 10.2 Å². The number of rotatable bonds is 8. The molecule has 1 N–H and O–H groups in total. The normalized spacial score (nSPS) is 14.1. The smallest absolute Gasteiger partial charge is 0.130 e. The zero-order valence-corrected chi connectivity index (χ0v) is 13.5. The van der Waals surface area contributed by atoms with Crippen LogP contribution >= 0.6 is 0 Å². The van der Waals surface area contributed by atoms with Gasteiger partial charge in [-0.15, -0.1) is 0 Å². The summed E-state index contributed by atoms with van der Waals surface area (Å²) in [4.78, 5) is 2.29. The average molecular weight is 280 g/mol. The third kappa shape index (κ3) is 3.95. The largest absolute Gasteiger partial charge is 0.369 e. The Bertz CT molecular complexity index is 406. The molecule has 20 heavy (non-hydrogen) atoms. The van der Waals surface area contributed by atoms with Gasteiger partial charge < -0.3 is 10.2 Å². The Labute approximate surface area is 123 Å². The third-order valence-electron chi connectivity index (χ3n) is 3.94. The monoisotopic (exact) mass is 280 g/mol. The van der Waals surface area contributed by atoms with Gasteiger partial charge >= 0.3 is 0 Å². The van der Waals surface area contributed by atoms with Crippen LogP contribution in [0.4, 0.5) is 10.1 Å². The molecular formula is C17H29FN2. The van der Waals surface area contributed by atoms with Crippen LogP contribution in [-0.2, 0) is 0 Å². The molecule has 0 saturated heterocycles. The minimum Gasteiger partial charge on any atom is -0.369 e. The van der Waals surface area contributed by atoms with Crippen molar-refractivity contribution in [2.75, 3.05) is 18.0 Å². The van der Waals surface area contributed by atoms with E-state index in [9.17, 15) is 4.39 Å². The Morgan fingerprint density at radius 2 is 1.90 bits per heavy atom. The molecule has 114 valence electrons. The van der Waals surface area contributed by atoms with Gasteiger partial charge in [-0.3, -0.25) is 0 Å². The summed E-state index contributed by atoms with van der Waals surface area (Å²) in [7, 11) is 0. The van der Waals surface area contributed by atoms with Gasteiger partial charge in [-0.1, -0.05) is 19.9 Å². The van der Waals surface area contributed by atoms with Crippen LogP contribution in [0.3, 0.4) is 0 Å². The number of anilines is 1. The third-order valence-corrected chi connectivity index (χ3v) is 3.94. The van der Waals surface area contributed by atoms with Crippen LogP contribution in [-0.4, -0.2) is 19.1 Å². The zero-order valence-electron chi connectivity index (χ0n) is 13.5. The second kappa shape index (κ2) is 8.25. The lowest BCUT2D eigenvalue weighted by atomic mass is 10.0. The number of halogens is 1. The highest BCUT2D eigenvalue weighted by molar-refractivity contribution is 5.56. The first kappa shape index (κ1) is 17.0. The quantitative estimate of drug-likeness (QED) is 0.753. The minimum atomic E-state index is -0.111. The second-order valence-corrected chi connectivity index (χ2v) is 5.39. The van der Waals surface area contributed by atoms with Gasteiger partial charge in [0.05, 0.1) is 0 Å². The van der Waals surface area contributed by atoms with E-state index in [1.807, 2.05) is 19.1 Å². The van der Waals surface area contributed by atoms with Gasteiger partial charge in [0.2, 0.25) is 0 Å². The first-order valence-electron chi connectivity index (χ1n) is 7.85. The second-order valence-electron chi connectivity index (χ2n) is 5.39. The van der Waals surface area contributed by atoms with E-state index in [1.54, 1.807) is 6.07 Å². The molecule has 0 radical (unpaired) electrons. The maximum absolute atomic E-state index is 14.3. The molecule has 0 aromatic heterocycles. The van der Waals surface area contributed by atoms with Crippen LogP contribution in [0.15, 0.2) is 18.2 Å². The fourth-order valence-corrected chi connectivity index (χ4v) is 2.61. The van der Waals surface area contributed by atoms with Crippen molar-refractivity contribution in [2.24, 2.45) is 0 Å². The zero-order chi connectivity index (χ0) is 15.1. The molecule has 0 aliphatic rings. The van der Waals surface area contributed by atoms with Crippen molar-refractivity contribution in [1.29, 1.82) is 0 Å². The molecule has 1 aromatic rings. The fraction of sp³-hybridized carbons (Fsp3) is 0.647. The summed E-state index contributed by atoms with van der Waals surface area (Å²) in [5.74, 6) is -0.111. The Kier molecular flexibility index (Phi) is 7.00. The van der Waals surface area contributed by atoms with Crippen LogP contribution in [0.25, 0.3) is 0 Å². The van der Waals surface area contributed by atoms with E-state index in [0.717, 1.165) is 37.2 Å². The molecule has 0 amide bonds. The molecule has 0 fully saturated rings. The van der Waals surface area contributed by atoms with Crippen molar-refractivity contribution in [2.45, 2.75) is 59.5 Å². The molecule has 0 aliphatic carbocycles. The molecule has 0 saturated carbocycles. The maximum Gasteiger partial charge on any atom is 0.130 e. The van der Waals surface area contributed by atoms with Gasteiger partial charge in [-0.2, -0.15) is 0 Å². The predicted molar refractivity (Wildman–Crippen MR) is 85.9 cm³/mol. The lowest BCUT2D eigenvalue weighted by molar-refractivity contribution is 0.522. The minimum absolute atomic E-state index is 0.0317. The molecule has 2 atom stereocenters. The molecule has 0 bridgehead atoms. The van der Waals surface area contributed by atoms with Gasteiger partial charge in [0.1, 0.15) is 5.82 Å². The van der Waals surface area contributed by atoms with Crippen molar-refractivity contribution in [3.63, 3.8) is 0 Å². The fourth-order valence-electron chi connectivity index (χ4n) is 2.61.